The van der Waals surface area contributed by atoms with Crippen LogP contribution in [0.1, 0.15) is 30.5 Å². The normalized spacial score (nSPS) is 10.5. The molecule has 3 rings (SSSR count). The lowest BCUT2D eigenvalue weighted by molar-refractivity contribution is -0.121. The number of amides is 1. The highest BCUT2D eigenvalue weighted by atomic mass is 35.5. The van der Waals surface area contributed by atoms with Crippen molar-refractivity contribution in [3.05, 3.63) is 69.8 Å². The molecule has 1 heterocycles. The number of anilines is 1. The van der Waals surface area contributed by atoms with E-state index in [-0.39, 0.29) is 5.91 Å². The second-order valence-corrected chi connectivity index (χ2v) is 7.81. The molecule has 1 amide bonds. The van der Waals surface area contributed by atoms with Crippen LogP contribution in [0, 0.1) is 11.3 Å². The summed E-state index contributed by atoms with van der Waals surface area (Å²) in [7, 11) is 0. The number of rotatable bonds is 10. The minimum absolute atomic E-state index is 0.0689. The zero-order valence-electron chi connectivity index (χ0n) is 17.4. The second-order valence-electron chi connectivity index (χ2n) is 7.02. The SMILES string of the molecule is N#Cc1c(CCCNC(=O)CCCOc2cccc(Cl)c2Cl)nn(-c2ccccc2)c1N. The number of para-hydroxylation sites is 1. The van der Waals surface area contributed by atoms with Crippen LogP contribution >= 0.6 is 23.2 Å². The molecule has 3 aromatic rings. The maximum Gasteiger partial charge on any atom is 0.220 e. The van der Waals surface area contributed by atoms with Gasteiger partial charge in [-0.2, -0.15) is 10.4 Å². The maximum absolute atomic E-state index is 12.0. The van der Waals surface area contributed by atoms with E-state index in [1.165, 1.54) is 0 Å². The number of carbonyl (C=O) groups is 1. The van der Waals surface area contributed by atoms with Gasteiger partial charge in [-0.25, -0.2) is 4.68 Å². The summed E-state index contributed by atoms with van der Waals surface area (Å²) in [4.78, 5) is 12.0. The predicted molar refractivity (Wildman–Crippen MR) is 125 cm³/mol. The first-order chi connectivity index (χ1) is 15.5. The van der Waals surface area contributed by atoms with Crippen molar-refractivity contribution in [3.63, 3.8) is 0 Å². The molecule has 9 heteroatoms. The fourth-order valence-electron chi connectivity index (χ4n) is 3.12. The number of carbonyl (C=O) groups excluding carboxylic acids is 1. The van der Waals surface area contributed by atoms with Crippen LogP contribution in [-0.4, -0.2) is 28.8 Å². The summed E-state index contributed by atoms with van der Waals surface area (Å²) < 4.78 is 7.15. The molecule has 0 fully saturated rings. The largest absolute Gasteiger partial charge is 0.492 e. The van der Waals surface area contributed by atoms with Gasteiger partial charge >= 0.3 is 0 Å². The highest BCUT2D eigenvalue weighted by molar-refractivity contribution is 6.42. The van der Waals surface area contributed by atoms with Crippen molar-refractivity contribution in [2.45, 2.75) is 25.7 Å². The van der Waals surface area contributed by atoms with Gasteiger partial charge in [-0.3, -0.25) is 4.79 Å². The fourth-order valence-corrected chi connectivity index (χ4v) is 3.47. The van der Waals surface area contributed by atoms with E-state index in [1.807, 2.05) is 30.3 Å². The Bertz CT molecular complexity index is 1110. The number of nitrogens with one attached hydrogen (secondary N) is 1. The third kappa shape index (κ3) is 5.94. The Morgan fingerprint density at radius 1 is 1.16 bits per heavy atom. The smallest absolute Gasteiger partial charge is 0.220 e. The summed E-state index contributed by atoms with van der Waals surface area (Å²) in [6.07, 6.45) is 2.05. The summed E-state index contributed by atoms with van der Waals surface area (Å²) in [6, 6.07) is 16.7. The van der Waals surface area contributed by atoms with Crippen LogP contribution in [0.2, 0.25) is 10.0 Å². The quantitative estimate of drug-likeness (QED) is 0.422. The topological polar surface area (TPSA) is 106 Å². The average Bonchev–Trinajstić information content (AvgIpc) is 3.12. The third-order valence-electron chi connectivity index (χ3n) is 4.74. The standard InChI is InChI=1S/C23H23Cl2N5O2/c24-18-9-4-11-20(22(18)25)32-14-6-12-21(31)28-13-5-10-19-17(15-26)23(27)30(29-19)16-7-2-1-3-8-16/h1-4,7-9,11H,5-6,10,12-14,27H2,(H,28,31). The number of nitrogens with two attached hydrogens (primary N) is 1. The summed E-state index contributed by atoms with van der Waals surface area (Å²) in [5.74, 6) is 0.750. The van der Waals surface area contributed by atoms with Crippen LogP contribution < -0.4 is 15.8 Å². The molecule has 0 atom stereocenters. The number of hydrogen-bond acceptors (Lipinski definition) is 5. The summed E-state index contributed by atoms with van der Waals surface area (Å²) >= 11 is 12.0. The van der Waals surface area contributed by atoms with Gasteiger partial charge in [0.15, 0.2) is 0 Å². The van der Waals surface area contributed by atoms with Gasteiger partial charge in [-0.05, 0) is 43.5 Å². The van der Waals surface area contributed by atoms with Crippen molar-refractivity contribution in [1.82, 2.24) is 15.1 Å². The van der Waals surface area contributed by atoms with Crippen molar-refractivity contribution in [2.75, 3.05) is 18.9 Å². The molecule has 0 aliphatic carbocycles. The van der Waals surface area contributed by atoms with Gasteiger partial charge in [0.2, 0.25) is 5.91 Å². The molecule has 0 aliphatic rings. The molecule has 0 aliphatic heterocycles. The first-order valence-electron chi connectivity index (χ1n) is 10.2. The van der Waals surface area contributed by atoms with Crippen molar-refractivity contribution < 1.29 is 9.53 Å². The number of nitriles is 1. The number of aryl methyl sites for hydroxylation is 1. The van der Waals surface area contributed by atoms with Crippen molar-refractivity contribution >= 4 is 34.9 Å². The van der Waals surface area contributed by atoms with Crippen molar-refractivity contribution in [2.24, 2.45) is 0 Å². The monoisotopic (exact) mass is 471 g/mol. The Morgan fingerprint density at radius 2 is 1.94 bits per heavy atom. The van der Waals surface area contributed by atoms with Gasteiger partial charge in [0.1, 0.15) is 28.2 Å². The van der Waals surface area contributed by atoms with E-state index in [9.17, 15) is 10.1 Å². The van der Waals surface area contributed by atoms with Gasteiger partial charge in [0, 0.05) is 13.0 Å². The van der Waals surface area contributed by atoms with E-state index in [1.54, 1.807) is 22.9 Å². The molecule has 0 bridgehead atoms. The van der Waals surface area contributed by atoms with Crippen molar-refractivity contribution in [1.29, 1.82) is 5.26 Å². The number of halogens is 2. The predicted octanol–water partition coefficient (Wildman–Crippen LogP) is 4.54. The van der Waals surface area contributed by atoms with Gasteiger partial charge in [-0.1, -0.05) is 47.5 Å². The Morgan fingerprint density at radius 3 is 2.69 bits per heavy atom. The number of aromatic nitrogens is 2. The minimum Gasteiger partial charge on any atom is -0.492 e. The summed E-state index contributed by atoms with van der Waals surface area (Å²) in [5, 5.41) is 17.6. The Labute approximate surface area is 196 Å². The van der Waals surface area contributed by atoms with Crippen LogP contribution in [-0.2, 0) is 11.2 Å². The Kier molecular flexibility index (Phi) is 8.37. The van der Waals surface area contributed by atoms with Gasteiger partial charge in [0.25, 0.3) is 0 Å². The number of hydrogen-bond donors (Lipinski definition) is 2. The van der Waals surface area contributed by atoms with E-state index < -0.39 is 0 Å². The molecule has 3 N–H and O–H groups in total. The lowest BCUT2D eigenvalue weighted by atomic mass is 10.1. The number of nitrogen functional groups attached to an aromatic ring is 1. The lowest BCUT2D eigenvalue weighted by Crippen LogP contribution is -2.25. The van der Waals surface area contributed by atoms with E-state index in [2.05, 4.69) is 16.5 Å². The maximum atomic E-state index is 12.0. The molecule has 166 valence electrons. The summed E-state index contributed by atoms with van der Waals surface area (Å²) in [5.41, 5.74) is 7.89. The fraction of sp³-hybridized carbons (Fsp3) is 0.261. The third-order valence-corrected chi connectivity index (χ3v) is 5.54. The molecule has 0 saturated carbocycles. The van der Waals surface area contributed by atoms with Gasteiger partial charge in [0.05, 0.1) is 23.0 Å². The van der Waals surface area contributed by atoms with Crippen LogP contribution in [0.5, 0.6) is 5.75 Å². The molecule has 0 spiro atoms. The van der Waals surface area contributed by atoms with E-state index in [0.717, 1.165) is 5.69 Å². The molecule has 0 radical (unpaired) electrons. The summed E-state index contributed by atoms with van der Waals surface area (Å²) in [6.45, 7) is 0.831. The second kappa shape index (κ2) is 11.4. The van der Waals surface area contributed by atoms with E-state index >= 15 is 0 Å². The molecule has 7 nitrogen and oxygen atoms in total. The molecule has 0 unspecified atom stereocenters. The average molecular weight is 472 g/mol. The zero-order chi connectivity index (χ0) is 22.9. The zero-order valence-corrected chi connectivity index (χ0v) is 18.9. The van der Waals surface area contributed by atoms with E-state index in [0.29, 0.717) is 71.7 Å². The Balaban J connectivity index is 1.41. The van der Waals surface area contributed by atoms with Crippen LogP contribution in [0.4, 0.5) is 5.82 Å². The van der Waals surface area contributed by atoms with Gasteiger partial charge in [-0.15, -0.1) is 0 Å². The molecule has 32 heavy (non-hydrogen) atoms. The highest BCUT2D eigenvalue weighted by Crippen LogP contribution is 2.31. The van der Waals surface area contributed by atoms with Crippen LogP contribution in [0.3, 0.4) is 0 Å². The van der Waals surface area contributed by atoms with Crippen molar-refractivity contribution in [3.8, 4) is 17.5 Å². The first-order valence-corrected chi connectivity index (χ1v) is 10.9. The van der Waals surface area contributed by atoms with Crippen LogP contribution in [0.15, 0.2) is 48.5 Å². The number of nitrogens with zero attached hydrogens (tertiary/aromatic N) is 3. The first kappa shape index (κ1) is 23.5. The number of benzene rings is 2. The van der Waals surface area contributed by atoms with Gasteiger partial charge < -0.3 is 15.8 Å². The number of ether oxygens (including phenoxy) is 1. The van der Waals surface area contributed by atoms with Crippen LogP contribution in [0.25, 0.3) is 5.69 Å². The highest BCUT2D eigenvalue weighted by Gasteiger charge is 2.16. The molecule has 2 aromatic carbocycles. The Hall–Kier alpha value is -3.21. The lowest BCUT2D eigenvalue weighted by Gasteiger charge is -2.09. The molecular formula is C23H23Cl2N5O2. The minimum atomic E-state index is -0.0689. The van der Waals surface area contributed by atoms with E-state index in [4.69, 9.17) is 33.7 Å². The molecule has 1 aromatic heterocycles. The molecule has 0 saturated heterocycles. The molecular weight excluding hydrogens is 449 g/mol.